The maximum atomic E-state index is 11.3. The van der Waals surface area contributed by atoms with Crippen molar-refractivity contribution in [2.24, 2.45) is 5.92 Å². The van der Waals surface area contributed by atoms with Crippen LogP contribution in [0.15, 0.2) is 43.0 Å². The molecule has 0 spiro atoms. The van der Waals surface area contributed by atoms with Crippen molar-refractivity contribution < 1.29 is 9.53 Å². The molecule has 0 aliphatic rings. The summed E-state index contributed by atoms with van der Waals surface area (Å²) in [4.78, 5) is 11.3. The minimum Gasteiger partial charge on any atom is -0.491 e. The van der Waals surface area contributed by atoms with Crippen LogP contribution in [0, 0.1) is 5.92 Å². The van der Waals surface area contributed by atoms with E-state index in [0.29, 0.717) is 0 Å². The van der Waals surface area contributed by atoms with E-state index < -0.39 is 0 Å². The van der Waals surface area contributed by atoms with Gasteiger partial charge in [-0.2, -0.15) is 0 Å². The number of allylic oxidation sites excluding steroid dienone is 1. The highest BCUT2D eigenvalue weighted by Gasteiger charge is 2.12. The van der Waals surface area contributed by atoms with E-state index in [9.17, 15) is 4.79 Å². The van der Waals surface area contributed by atoms with Crippen LogP contribution in [0.2, 0.25) is 0 Å². The highest BCUT2D eigenvalue weighted by molar-refractivity contribution is 5.90. The van der Waals surface area contributed by atoms with Crippen molar-refractivity contribution in [1.82, 2.24) is 0 Å². The Labute approximate surface area is 103 Å². The molecule has 0 aliphatic heterocycles. The molecule has 0 bridgehead atoms. The predicted molar refractivity (Wildman–Crippen MR) is 70.1 cm³/mol. The number of ether oxygens (including phenoxy) is 1. The fourth-order valence-electron chi connectivity index (χ4n) is 1.62. The maximum Gasteiger partial charge on any atom is 0.157 e. The molecule has 2 nitrogen and oxygen atoms in total. The van der Waals surface area contributed by atoms with E-state index in [-0.39, 0.29) is 17.8 Å². The summed E-state index contributed by atoms with van der Waals surface area (Å²) in [7, 11) is 0. The molecule has 2 atom stereocenters. The van der Waals surface area contributed by atoms with Crippen LogP contribution in [0.25, 0.3) is 0 Å². The Morgan fingerprint density at radius 3 is 2.53 bits per heavy atom. The van der Waals surface area contributed by atoms with E-state index in [4.69, 9.17) is 4.74 Å². The molecular weight excluding hydrogens is 212 g/mol. The van der Waals surface area contributed by atoms with Crippen LogP contribution in [0.5, 0.6) is 5.75 Å². The molecule has 1 aromatic rings. The Balaban J connectivity index is 2.33. The van der Waals surface area contributed by atoms with E-state index >= 15 is 0 Å². The Morgan fingerprint density at radius 2 is 1.94 bits per heavy atom. The summed E-state index contributed by atoms with van der Waals surface area (Å²) in [5.74, 6) is 1.02. The third-order valence-electron chi connectivity index (χ3n) is 2.77. The molecule has 0 saturated carbocycles. The van der Waals surface area contributed by atoms with Gasteiger partial charge < -0.3 is 4.74 Å². The lowest BCUT2D eigenvalue weighted by atomic mass is 9.99. The normalized spacial score (nSPS) is 13.8. The van der Waals surface area contributed by atoms with Crippen molar-refractivity contribution in [1.29, 1.82) is 0 Å². The molecule has 0 aromatic heterocycles. The highest BCUT2D eigenvalue weighted by atomic mass is 16.5. The Morgan fingerprint density at radius 1 is 1.29 bits per heavy atom. The summed E-state index contributed by atoms with van der Waals surface area (Å²) in [5.41, 5.74) is 0. The summed E-state index contributed by atoms with van der Waals surface area (Å²) in [6.07, 6.45) is 3.22. The van der Waals surface area contributed by atoms with Gasteiger partial charge in [-0.1, -0.05) is 31.7 Å². The first kappa shape index (κ1) is 13.5. The van der Waals surface area contributed by atoms with Crippen molar-refractivity contribution in [2.45, 2.75) is 32.8 Å². The Hall–Kier alpha value is -1.57. The van der Waals surface area contributed by atoms with E-state index in [1.54, 1.807) is 0 Å². The SMILES string of the molecule is C=CC(=O)C(C)CCC(C)Oc1ccccc1. The third kappa shape index (κ3) is 4.85. The van der Waals surface area contributed by atoms with E-state index in [2.05, 4.69) is 6.58 Å². The van der Waals surface area contributed by atoms with Gasteiger partial charge in [-0.3, -0.25) is 4.79 Å². The molecule has 2 heteroatoms. The van der Waals surface area contributed by atoms with Gasteiger partial charge in [0, 0.05) is 5.92 Å². The highest BCUT2D eigenvalue weighted by Crippen LogP contribution is 2.16. The standard InChI is InChI=1S/C15H20O2/c1-4-15(16)12(2)10-11-13(3)17-14-8-6-5-7-9-14/h4-9,12-13H,1,10-11H2,2-3H3. The van der Waals surface area contributed by atoms with Crippen LogP contribution in [-0.4, -0.2) is 11.9 Å². The smallest absolute Gasteiger partial charge is 0.157 e. The lowest BCUT2D eigenvalue weighted by Crippen LogP contribution is -2.15. The molecule has 0 N–H and O–H groups in total. The van der Waals surface area contributed by atoms with E-state index in [0.717, 1.165) is 18.6 Å². The Kier molecular flexibility index (Phi) is 5.47. The van der Waals surface area contributed by atoms with Crippen LogP contribution < -0.4 is 4.74 Å². The lowest BCUT2D eigenvalue weighted by molar-refractivity contribution is -0.118. The van der Waals surface area contributed by atoms with Crippen molar-refractivity contribution in [3.8, 4) is 5.75 Å². The van der Waals surface area contributed by atoms with Gasteiger partial charge in [-0.05, 0) is 38.0 Å². The summed E-state index contributed by atoms with van der Waals surface area (Å²) in [5, 5.41) is 0. The molecule has 0 aliphatic carbocycles. The second-order valence-corrected chi connectivity index (χ2v) is 4.33. The molecule has 1 rings (SSSR count). The first-order valence-corrected chi connectivity index (χ1v) is 6.01. The van der Waals surface area contributed by atoms with Crippen LogP contribution in [-0.2, 0) is 4.79 Å². The molecule has 92 valence electrons. The Bertz CT molecular complexity index is 356. The number of para-hydroxylation sites is 1. The molecule has 1 aromatic carbocycles. The van der Waals surface area contributed by atoms with E-state index in [1.807, 2.05) is 44.2 Å². The average molecular weight is 232 g/mol. The minimum absolute atomic E-state index is 0.0364. The van der Waals surface area contributed by atoms with Gasteiger partial charge in [0.1, 0.15) is 5.75 Å². The number of hydrogen-bond acceptors (Lipinski definition) is 2. The lowest BCUT2D eigenvalue weighted by Gasteiger charge is -2.16. The summed E-state index contributed by atoms with van der Waals surface area (Å²) in [6.45, 7) is 7.45. The molecule has 0 radical (unpaired) electrons. The first-order chi connectivity index (χ1) is 8.13. The van der Waals surface area contributed by atoms with Crippen molar-refractivity contribution >= 4 is 5.78 Å². The number of carbonyl (C=O) groups is 1. The zero-order valence-corrected chi connectivity index (χ0v) is 10.6. The van der Waals surface area contributed by atoms with Gasteiger partial charge >= 0.3 is 0 Å². The zero-order valence-electron chi connectivity index (χ0n) is 10.6. The van der Waals surface area contributed by atoms with Gasteiger partial charge in [-0.25, -0.2) is 0 Å². The number of rotatable bonds is 7. The van der Waals surface area contributed by atoms with Gasteiger partial charge in [0.2, 0.25) is 0 Å². The second-order valence-electron chi connectivity index (χ2n) is 4.33. The largest absolute Gasteiger partial charge is 0.491 e. The fourth-order valence-corrected chi connectivity index (χ4v) is 1.62. The monoisotopic (exact) mass is 232 g/mol. The van der Waals surface area contributed by atoms with Gasteiger partial charge in [0.25, 0.3) is 0 Å². The fraction of sp³-hybridized carbons (Fsp3) is 0.400. The van der Waals surface area contributed by atoms with Gasteiger partial charge in [0.15, 0.2) is 5.78 Å². The molecule has 17 heavy (non-hydrogen) atoms. The molecule has 0 fully saturated rings. The molecule has 0 heterocycles. The number of carbonyl (C=O) groups excluding carboxylic acids is 1. The van der Waals surface area contributed by atoms with Crippen LogP contribution in [0.1, 0.15) is 26.7 Å². The number of ketones is 1. The molecule has 0 saturated heterocycles. The minimum atomic E-state index is 0.0364. The maximum absolute atomic E-state index is 11.3. The van der Waals surface area contributed by atoms with Crippen LogP contribution >= 0.6 is 0 Å². The predicted octanol–water partition coefficient (Wildman–Crippen LogP) is 3.63. The second kappa shape index (κ2) is 6.89. The molecule has 2 unspecified atom stereocenters. The van der Waals surface area contributed by atoms with Crippen LogP contribution in [0.4, 0.5) is 0 Å². The number of hydrogen-bond donors (Lipinski definition) is 0. The third-order valence-corrected chi connectivity index (χ3v) is 2.77. The van der Waals surface area contributed by atoms with Crippen LogP contribution in [0.3, 0.4) is 0 Å². The topological polar surface area (TPSA) is 26.3 Å². The van der Waals surface area contributed by atoms with Gasteiger partial charge in [0.05, 0.1) is 6.10 Å². The average Bonchev–Trinajstić information content (AvgIpc) is 2.36. The van der Waals surface area contributed by atoms with Crippen molar-refractivity contribution in [2.75, 3.05) is 0 Å². The summed E-state index contributed by atoms with van der Waals surface area (Å²) >= 11 is 0. The van der Waals surface area contributed by atoms with Crippen molar-refractivity contribution in [3.63, 3.8) is 0 Å². The number of benzene rings is 1. The summed E-state index contributed by atoms with van der Waals surface area (Å²) in [6, 6.07) is 9.74. The quantitative estimate of drug-likeness (QED) is 0.671. The molecule has 0 amide bonds. The van der Waals surface area contributed by atoms with Gasteiger partial charge in [-0.15, -0.1) is 0 Å². The first-order valence-electron chi connectivity index (χ1n) is 6.01. The summed E-state index contributed by atoms with van der Waals surface area (Å²) < 4.78 is 5.74. The van der Waals surface area contributed by atoms with Crippen molar-refractivity contribution in [3.05, 3.63) is 43.0 Å². The molecular formula is C15H20O2. The zero-order chi connectivity index (χ0) is 12.7. The van der Waals surface area contributed by atoms with E-state index in [1.165, 1.54) is 6.08 Å².